The van der Waals surface area contributed by atoms with Gasteiger partial charge in [-0.3, -0.25) is 9.11 Å². The Morgan fingerprint density at radius 2 is 1.64 bits per heavy atom. The number of nitrogens with zero attached hydrogens (tertiary/aromatic N) is 2. The predicted molar refractivity (Wildman–Crippen MR) is 143 cm³/mol. The molecule has 0 aliphatic rings. The number of hydrogen-bond donors (Lipinski definition) is 4. The Labute approximate surface area is 225 Å². The molecule has 0 amide bonds. The Bertz CT molecular complexity index is 1750. The normalized spacial score (nSPS) is 12.4. The number of sulfone groups is 1. The first-order valence-corrected chi connectivity index (χ1v) is 14.9. The third-order valence-corrected chi connectivity index (χ3v) is 8.20. The number of methoxy groups -OCH3 is 1. The molecule has 0 saturated carbocycles. The summed E-state index contributed by atoms with van der Waals surface area (Å²) in [5.41, 5.74) is 0.357. The Kier molecular flexibility index (Phi) is 9.65. The van der Waals surface area contributed by atoms with Crippen LogP contribution in [-0.4, -0.2) is 66.0 Å². The van der Waals surface area contributed by atoms with E-state index in [9.17, 15) is 34.9 Å². The average molecular weight is 606 g/mol. The lowest BCUT2D eigenvalue weighted by Gasteiger charge is -2.13. The molecule has 4 N–H and O–H groups in total. The van der Waals surface area contributed by atoms with E-state index in [1.165, 1.54) is 13.2 Å². The molecule has 39 heavy (non-hydrogen) atoms. The van der Waals surface area contributed by atoms with Crippen molar-refractivity contribution in [3.05, 3.63) is 42.0 Å². The number of phenolic OH excluding ortho intramolecular Hbond substituents is 1. The van der Waals surface area contributed by atoms with Crippen molar-refractivity contribution < 1.29 is 48.4 Å². The van der Waals surface area contributed by atoms with Gasteiger partial charge < -0.3 is 15.2 Å². The largest absolute Gasteiger partial charge is 0.505 e. The van der Waals surface area contributed by atoms with Gasteiger partial charge in [0.1, 0.15) is 22.0 Å². The lowest BCUT2D eigenvalue weighted by atomic mass is 10.0. The molecule has 0 unspecified atom stereocenters. The second-order valence-electron chi connectivity index (χ2n) is 7.81. The third-order valence-electron chi connectivity index (χ3n) is 5.19. The molecule has 0 spiro atoms. The Morgan fingerprint density at radius 1 is 0.974 bits per heavy atom. The number of azo groups is 1. The van der Waals surface area contributed by atoms with Gasteiger partial charge in [-0.15, -0.1) is 10.2 Å². The highest BCUT2D eigenvalue weighted by molar-refractivity contribution is 7.91. The van der Waals surface area contributed by atoms with Crippen LogP contribution in [0, 0.1) is 6.92 Å². The zero-order chi connectivity index (χ0) is 28.5. The van der Waals surface area contributed by atoms with E-state index in [0.717, 1.165) is 23.8 Å². The van der Waals surface area contributed by atoms with E-state index in [0.29, 0.717) is 5.69 Å². The Balaban J connectivity index is 0.00000533. The van der Waals surface area contributed by atoms with Crippen LogP contribution in [0.25, 0.3) is 10.8 Å². The van der Waals surface area contributed by atoms with Gasteiger partial charge in [-0.05, 0) is 48.2 Å². The highest BCUT2D eigenvalue weighted by Crippen LogP contribution is 2.45. The fraction of sp³-hybridized carbons (Fsp3) is 0.273. The summed E-state index contributed by atoms with van der Waals surface area (Å²) in [6, 6.07) is 7.77. The number of rotatable bonds is 10. The van der Waals surface area contributed by atoms with Crippen molar-refractivity contribution in [2.45, 2.75) is 24.1 Å². The van der Waals surface area contributed by atoms with Crippen LogP contribution >= 0.6 is 0 Å². The van der Waals surface area contributed by atoms with Gasteiger partial charge in [0.05, 0.1) is 24.4 Å². The molecule has 3 aromatic rings. The minimum absolute atomic E-state index is 0. The summed E-state index contributed by atoms with van der Waals surface area (Å²) < 4.78 is 98.5. The van der Waals surface area contributed by atoms with E-state index in [2.05, 4.69) is 19.7 Å². The van der Waals surface area contributed by atoms with Gasteiger partial charge in [-0.25, -0.2) is 12.6 Å². The Morgan fingerprint density at radius 3 is 2.21 bits per heavy atom. The molecular weight excluding hydrogens is 578 g/mol. The molecule has 0 aromatic heterocycles. The molecule has 214 valence electrons. The summed E-state index contributed by atoms with van der Waals surface area (Å²) in [6.07, 6.45) is 0. The van der Waals surface area contributed by atoms with Crippen molar-refractivity contribution >= 4 is 58.2 Å². The van der Waals surface area contributed by atoms with Crippen molar-refractivity contribution in [3.8, 4) is 11.5 Å². The summed E-state index contributed by atoms with van der Waals surface area (Å²) in [4.78, 5) is -1.10. The van der Waals surface area contributed by atoms with Crippen LogP contribution in [0.3, 0.4) is 0 Å². The van der Waals surface area contributed by atoms with Crippen molar-refractivity contribution in [2.24, 2.45) is 10.2 Å². The molecule has 0 atom stereocenters. The summed E-state index contributed by atoms with van der Waals surface area (Å²) in [5.74, 6) is -1.42. The molecule has 0 radical (unpaired) electrons. The minimum Gasteiger partial charge on any atom is -0.505 e. The van der Waals surface area contributed by atoms with Crippen LogP contribution in [0.5, 0.6) is 11.5 Å². The van der Waals surface area contributed by atoms with Crippen molar-refractivity contribution in [3.63, 3.8) is 0 Å². The van der Waals surface area contributed by atoms with Gasteiger partial charge >= 0.3 is 10.4 Å². The van der Waals surface area contributed by atoms with E-state index >= 15 is 0 Å². The number of phenols is 1. The molecule has 0 fully saturated rings. The molecule has 0 saturated heterocycles. The van der Waals surface area contributed by atoms with E-state index in [1.807, 2.05) is 0 Å². The number of fused-ring (bicyclic) bond motifs is 1. The number of hydrogen-bond acceptors (Lipinski definition) is 12. The van der Waals surface area contributed by atoms with Gasteiger partial charge in [-0.2, -0.15) is 16.8 Å². The molecule has 0 heterocycles. The highest BCUT2D eigenvalue weighted by atomic mass is 32.3. The molecule has 17 heteroatoms. The first-order chi connectivity index (χ1) is 17.6. The lowest BCUT2D eigenvalue weighted by Crippen LogP contribution is -2.15. The first-order valence-electron chi connectivity index (χ1n) is 10.5. The second-order valence-corrected chi connectivity index (χ2v) is 12.4. The standard InChI is InChI=1S/C21H23N3O11S3.CH4/c1-12-8-13-10-18(37(28,29)30)20(21(25)19(13)16(9-12)22-2)24-23-15-11-14(4-5-17(15)34-3)36(26,27)7-6-35-38(31,32)33;/h4-5,8-11,22,25H,6-7H2,1-3H3,(H,28,29,30)(H,31,32,33);1H4. The van der Waals surface area contributed by atoms with Crippen LogP contribution in [0.15, 0.2) is 56.4 Å². The molecule has 14 nitrogen and oxygen atoms in total. The number of ether oxygens (including phenoxy) is 1. The Hall–Kier alpha value is -3.35. The second kappa shape index (κ2) is 11.8. The van der Waals surface area contributed by atoms with Gasteiger partial charge in [-0.1, -0.05) is 13.5 Å². The third kappa shape index (κ3) is 7.40. The zero-order valence-corrected chi connectivity index (χ0v) is 22.6. The maximum absolute atomic E-state index is 12.6. The molecule has 0 aliphatic heterocycles. The topological polar surface area (TPSA) is 218 Å². The summed E-state index contributed by atoms with van der Waals surface area (Å²) >= 11 is 0. The number of benzene rings is 3. The van der Waals surface area contributed by atoms with E-state index in [-0.39, 0.29) is 34.5 Å². The highest BCUT2D eigenvalue weighted by Gasteiger charge is 2.24. The predicted octanol–water partition coefficient (Wildman–Crippen LogP) is 3.80. The minimum atomic E-state index is -4.90. The average Bonchev–Trinajstić information content (AvgIpc) is 2.80. The number of nitrogens with one attached hydrogen (secondary N) is 1. The summed E-state index contributed by atoms with van der Waals surface area (Å²) in [6.45, 7) is 0.889. The van der Waals surface area contributed by atoms with E-state index < -0.39 is 59.0 Å². The molecule has 3 rings (SSSR count). The zero-order valence-electron chi connectivity index (χ0n) is 20.1. The monoisotopic (exact) mass is 605 g/mol. The van der Waals surface area contributed by atoms with Crippen LogP contribution in [-0.2, 0) is 34.5 Å². The fourth-order valence-corrected chi connectivity index (χ4v) is 5.70. The van der Waals surface area contributed by atoms with E-state index in [4.69, 9.17) is 9.29 Å². The molecular formula is C22H27N3O11S3. The van der Waals surface area contributed by atoms with Crippen molar-refractivity contribution in [1.82, 2.24) is 0 Å². The van der Waals surface area contributed by atoms with Crippen LogP contribution in [0.2, 0.25) is 0 Å². The number of aromatic hydroxyl groups is 1. The smallest absolute Gasteiger partial charge is 0.397 e. The molecule has 3 aromatic carbocycles. The number of anilines is 1. The van der Waals surface area contributed by atoms with Crippen molar-refractivity contribution in [1.29, 1.82) is 0 Å². The molecule has 0 aliphatic carbocycles. The van der Waals surface area contributed by atoms with Gasteiger partial charge in [0, 0.05) is 18.1 Å². The van der Waals surface area contributed by atoms with Crippen molar-refractivity contribution in [2.75, 3.05) is 31.8 Å². The van der Waals surface area contributed by atoms with Crippen LogP contribution in [0.4, 0.5) is 17.1 Å². The maximum atomic E-state index is 12.6. The van der Waals surface area contributed by atoms with Crippen LogP contribution in [0.1, 0.15) is 13.0 Å². The summed E-state index contributed by atoms with van der Waals surface area (Å²) in [5, 5.41) is 22.0. The van der Waals surface area contributed by atoms with Gasteiger partial charge in [0.2, 0.25) is 0 Å². The SMILES string of the molecule is C.CNc1cc(C)cc2cc(S(=O)(=O)O)c(N=Nc3cc(S(=O)(=O)CCOS(=O)(=O)O)ccc3OC)c(O)c12. The number of aryl methyl sites for hydroxylation is 1. The van der Waals surface area contributed by atoms with Crippen LogP contribution < -0.4 is 10.1 Å². The maximum Gasteiger partial charge on any atom is 0.397 e. The van der Waals surface area contributed by atoms with E-state index in [1.54, 1.807) is 26.1 Å². The van der Waals surface area contributed by atoms with Gasteiger partial charge in [0.15, 0.2) is 15.6 Å². The fourth-order valence-electron chi connectivity index (χ4n) is 3.54. The lowest BCUT2D eigenvalue weighted by molar-refractivity contribution is 0.284. The first kappa shape index (κ1) is 31.9. The quantitative estimate of drug-likeness (QED) is 0.192. The summed E-state index contributed by atoms with van der Waals surface area (Å²) in [7, 11) is -11.1. The van der Waals surface area contributed by atoms with Gasteiger partial charge in [0.25, 0.3) is 10.1 Å². The molecule has 0 bridgehead atoms.